The van der Waals surface area contributed by atoms with Crippen LogP contribution in [0.1, 0.15) is 19.3 Å². The largest absolute Gasteiger partial charge is 0.388 e. The standard InChI is InChI=1S/C11H24N2O2/c1-12-10-11(14)4-7-13(8-5-11)6-3-9-15-2/h12,14H,3-10H2,1-2H3. The van der Waals surface area contributed by atoms with Crippen LogP contribution in [-0.4, -0.2) is 62.6 Å². The Hall–Kier alpha value is -0.160. The molecule has 0 spiro atoms. The van der Waals surface area contributed by atoms with Crippen LogP contribution in [-0.2, 0) is 4.74 Å². The molecule has 0 radical (unpaired) electrons. The number of hydrogen-bond donors (Lipinski definition) is 2. The maximum atomic E-state index is 10.1. The molecule has 1 heterocycles. The fourth-order valence-corrected chi connectivity index (χ4v) is 2.13. The average Bonchev–Trinajstić information content (AvgIpc) is 2.22. The van der Waals surface area contributed by atoms with Gasteiger partial charge >= 0.3 is 0 Å². The second kappa shape index (κ2) is 6.43. The maximum Gasteiger partial charge on any atom is 0.0795 e. The Morgan fingerprint density at radius 2 is 2.07 bits per heavy atom. The minimum absolute atomic E-state index is 0.480. The van der Waals surface area contributed by atoms with Gasteiger partial charge in [-0.3, -0.25) is 0 Å². The van der Waals surface area contributed by atoms with Gasteiger partial charge < -0.3 is 20.1 Å². The van der Waals surface area contributed by atoms with Crippen LogP contribution in [0.4, 0.5) is 0 Å². The zero-order valence-electron chi connectivity index (χ0n) is 9.96. The van der Waals surface area contributed by atoms with E-state index in [4.69, 9.17) is 4.74 Å². The third-order valence-electron chi connectivity index (χ3n) is 3.12. The highest BCUT2D eigenvalue weighted by Gasteiger charge is 2.30. The van der Waals surface area contributed by atoms with E-state index >= 15 is 0 Å². The van der Waals surface area contributed by atoms with E-state index in [1.165, 1.54) is 0 Å². The normalized spacial score (nSPS) is 21.8. The van der Waals surface area contributed by atoms with Crippen molar-refractivity contribution in [2.45, 2.75) is 24.9 Å². The fourth-order valence-electron chi connectivity index (χ4n) is 2.13. The number of rotatable bonds is 6. The van der Waals surface area contributed by atoms with Gasteiger partial charge in [-0.2, -0.15) is 0 Å². The summed E-state index contributed by atoms with van der Waals surface area (Å²) in [5, 5.41) is 13.2. The average molecular weight is 216 g/mol. The number of hydrogen-bond acceptors (Lipinski definition) is 4. The Bertz CT molecular complexity index is 168. The van der Waals surface area contributed by atoms with Crippen LogP contribution in [0.5, 0.6) is 0 Å². The van der Waals surface area contributed by atoms with E-state index in [2.05, 4.69) is 10.2 Å². The van der Waals surface area contributed by atoms with Crippen molar-refractivity contribution in [3.63, 3.8) is 0 Å². The molecule has 0 aliphatic carbocycles. The van der Waals surface area contributed by atoms with Gasteiger partial charge in [-0.15, -0.1) is 0 Å². The predicted octanol–water partition coefficient (Wildman–Crippen LogP) is 0.0692. The summed E-state index contributed by atoms with van der Waals surface area (Å²) in [5.41, 5.74) is -0.480. The summed E-state index contributed by atoms with van der Waals surface area (Å²) in [6, 6.07) is 0. The van der Waals surface area contributed by atoms with Gasteiger partial charge in [-0.25, -0.2) is 0 Å². The Balaban J connectivity index is 2.17. The van der Waals surface area contributed by atoms with Gasteiger partial charge in [0.15, 0.2) is 0 Å². The summed E-state index contributed by atoms with van der Waals surface area (Å²) in [6.45, 7) is 4.63. The molecular weight excluding hydrogens is 192 g/mol. The molecule has 1 aliphatic rings. The SMILES string of the molecule is CNCC1(O)CCN(CCCOC)CC1. The summed E-state index contributed by atoms with van der Waals surface area (Å²) in [4.78, 5) is 2.41. The molecule has 1 aliphatic heterocycles. The van der Waals surface area contributed by atoms with Crippen LogP contribution in [0.25, 0.3) is 0 Å². The Kier molecular flexibility index (Phi) is 5.53. The lowest BCUT2D eigenvalue weighted by Crippen LogP contribution is -2.49. The predicted molar refractivity (Wildman–Crippen MR) is 61.0 cm³/mol. The van der Waals surface area contributed by atoms with Gasteiger partial charge in [0.25, 0.3) is 0 Å². The van der Waals surface area contributed by atoms with Crippen LogP contribution in [0, 0.1) is 0 Å². The second-order valence-electron chi connectivity index (χ2n) is 4.44. The van der Waals surface area contributed by atoms with E-state index in [1.54, 1.807) is 7.11 Å². The van der Waals surface area contributed by atoms with Crippen LogP contribution in [0.2, 0.25) is 0 Å². The highest BCUT2D eigenvalue weighted by atomic mass is 16.5. The molecule has 0 saturated carbocycles. The highest BCUT2D eigenvalue weighted by Crippen LogP contribution is 2.21. The molecule has 15 heavy (non-hydrogen) atoms. The van der Waals surface area contributed by atoms with Gasteiger partial charge in [0.2, 0.25) is 0 Å². The molecule has 2 N–H and O–H groups in total. The first kappa shape index (κ1) is 12.9. The molecule has 1 fully saturated rings. The lowest BCUT2D eigenvalue weighted by Gasteiger charge is -2.38. The number of likely N-dealkylation sites (N-methyl/N-ethyl adjacent to an activating group) is 1. The van der Waals surface area contributed by atoms with Crippen molar-refractivity contribution >= 4 is 0 Å². The van der Waals surface area contributed by atoms with E-state index in [1.807, 2.05) is 7.05 Å². The Labute approximate surface area is 92.6 Å². The minimum atomic E-state index is -0.480. The van der Waals surface area contributed by atoms with E-state index in [9.17, 15) is 5.11 Å². The lowest BCUT2D eigenvalue weighted by molar-refractivity contribution is -0.0196. The number of methoxy groups -OCH3 is 1. The molecule has 0 unspecified atom stereocenters. The third-order valence-corrected chi connectivity index (χ3v) is 3.12. The van der Waals surface area contributed by atoms with Crippen molar-refractivity contribution in [3.05, 3.63) is 0 Å². The number of piperidine rings is 1. The molecular formula is C11H24N2O2. The maximum absolute atomic E-state index is 10.1. The molecule has 1 saturated heterocycles. The van der Waals surface area contributed by atoms with Crippen LogP contribution in [0.3, 0.4) is 0 Å². The fraction of sp³-hybridized carbons (Fsp3) is 1.00. The first-order chi connectivity index (χ1) is 7.20. The first-order valence-corrected chi connectivity index (χ1v) is 5.78. The monoisotopic (exact) mass is 216 g/mol. The molecule has 0 aromatic rings. The Morgan fingerprint density at radius 1 is 1.40 bits per heavy atom. The number of aliphatic hydroxyl groups is 1. The summed E-state index contributed by atoms with van der Waals surface area (Å²) < 4.78 is 5.03. The highest BCUT2D eigenvalue weighted by molar-refractivity contribution is 4.87. The van der Waals surface area contributed by atoms with Crippen molar-refractivity contribution in [1.82, 2.24) is 10.2 Å². The van der Waals surface area contributed by atoms with E-state index in [0.29, 0.717) is 6.54 Å². The summed E-state index contributed by atoms with van der Waals surface area (Å²) in [5.74, 6) is 0. The van der Waals surface area contributed by atoms with Crippen LogP contribution >= 0.6 is 0 Å². The Morgan fingerprint density at radius 3 is 2.60 bits per heavy atom. The van der Waals surface area contributed by atoms with Crippen molar-refractivity contribution in [2.75, 3.05) is 46.9 Å². The van der Waals surface area contributed by atoms with E-state index in [0.717, 1.165) is 45.5 Å². The van der Waals surface area contributed by atoms with Gasteiger partial charge in [-0.1, -0.05) is 0 Å². The topological polar surface area (TPSA) is 44.7 Å². The number of ether oxygens (including phenoxy) is 1. The quantitative estimate of drug-likeness (QED) is 0.617. The number of likely N-dealkylation sites (tertiary alicyclic amines) is 1. The second-order valence-corrected chi connectivity index (χ2v) is 4.44. The molecule has 0 atom stereocenters. The third kappa shape index (κ3) is 4.47. The number of nitrogens with one attached hydrogen (secondary N) is 1. The van der Waals surface area contributed by atoms with Crippen molar-refractivity contribution in [1.29, 1.82) is 0 Å². The van der Waals surface area contributed by atoms with E-state index < -0.39 is 5.60 Å². The molecule has 90 valence electrons. The van der Waals surface area contributed by atoms with Gasteiger partial charge in [0.05, 0.1) is 5.60 Å². The molecule has 0 aromatic heterocycles. The summed E-state index contributed by atoms with van der Waals surface area (Å²) in [7, 11) is 3.63. The van der Waals surface area contributed by atoms with Crippen LogP contribution < -0.4 is 5.32 Å². The molecule has 0 aromatic carbocycles. The first-order valence-electron chi connectivity index (χ1n) is 5.78. The molecule has 0 amide bonds. The van der Waals surface area contributed by atoms with Gasteiger partial charge in [-0.05, 0) is 26.3 Å². The van der Waals surface area contributed by atoms with E-state index in [-0.39, 0.29) is 0 Å². The van der Waals surface area contributed by atoms with Crippen molar-refractivity contribution < 1.29 is 9.84 Å². The zero-order chi connectivity index (χ0) is 11.1. The molecule has 0 bridgehead atoms. The van der Waals surface area contributed by atoms with Gasteiger partial charge in [0, 0.05) is 39.9 Å². The number of nitrogens with zero attached hydrogens (tertiary/aromatic N) is 1. The zero-order valence-corrected chi connectivity index (χ0v) is 9.96. The van der Waals surface area contributed by atoms with Crippen LogP contribution in [0.15, 0.2) is 0 Å². The van der Waals surface area contributed by atoms with Crippen molar-refractivity contribution in [3.8, 4) is 0 Å². The lowest BCUT2D eigenvalue weighted by atomic mass is 9.91. The summed E-state index contributed by atoms with van der Waals surface area (Å²) in [6.07, 6.45) is 2.84. The molecule has 1 rings (SSSR count). The van der Waals surface area contributed by atoms with Gasteiger partial charge in [0.1, 0.15) is 0 Å². The van der Waals surface area contributed by atoms with Crippen molar-refractivity contribution in [2.24, 2.45) is 0 Å². The molecule has 4 nitrogen and oxygen atoms in total. The summed E-state index contributed by atoms with van der Waals surface area (Å²) >= 11 is 0. The smallest absolute Gasteiger partial charge is 0.0795 e. The molecule has 4 heteroatoms. The minimum Gasteiger partial charge on any atom is -0.388 e.